The van der Waals surface area contributed by atoms with E-state index in [1.807, 2.05) is 37.4 Å². The first-order chi connectivity index (χ1) is 14.2. The third-order valence-electron chi connectivity index (χ3n) is 4.88. The zero-order valence-corrected chi connectivity index (χ0v) is 16.6. The summed E-state index contributed by atoms with van der Waals surface area (Å²) in [6.45, 7) is 3.27. The Kier molecular flexibility index (Phi) is 5.37. The molecule has 4 heterocycles. The molecule has 1 amide bonds. The molecule has 0 saturated heterocycles. The fourth-order valence-corrected chi connectivity index (χ4v) is 3.26. The molecule has 148 valence electrons. The van der Waals surface area contributed by atoms with E-state index in [0.717, 1.165) is 29.6 Å². The van der Waals surface area contributed by atoms with Crippen LogP contribution in [0.5, 0.6) is 0 Å². The lowest BCUT2D eigenvalue weighted by Gasteiger charge is -2.18. The Morgan fingerprint density at radius 2 is 2.14 bits per heavy atom. The third kappa shape index (κ3) is 3.89. The molecule has 0 aliphatic heterocycles. The summed E-state index contributed by atoms with van der Waals surface area (Å²) in [6, 6.07) is 9.36. The molecule has 4 aromatic heterocycles. The molecule has 7 nitrogen and oxygen atoms in total. The number of aromatic nitrogens is 4. The van der Waals surface area contributed by atoms with Crippen LogP contribution < -0.4 is 0 Å². The zero-order valence-electron chi connectivity index (χ0n) is 16.6. The van der Waals surface area contributed by atoms with Crippen molar-refractivity contribution in [3.8, 4) is 11.3 Å². The van der Waals surface area contributed by atoms with Crippen LogP contribution in [0.4, 0.5) is 0 Å². The van der Waals surface area contributed by atoms with E-state index in [4.69, 9.17) is 9.40 Å². The molecule has 29 heavy (non-hydrogen) atoms. The second kappa shape index (κ2) is 8.26. The van der Waals surface area contributed by atoms with Crippen molar-refractivity contribution in [2.75, 3.05) is 13.6 Å². The molecule has 0 fully saturated rings. The van der Waals surface area contributed by atoms with Crippen molar-refractivity contribution in [1.29, 1.82) is 0 Å². The first kappa shape index (κ1) is 18.9. The van der Waals surface area contributed by atoms with Gasteiger partial charge in [0.25, 0.3) is 5.91 Å². The number of hydrogen-bond acceptors (Lipinski definition) is 5. The van der Waals surface area contributed by atoms with Gasteiger partial charge in [-0.1, -0.05) is 13.3 Å². The Bertz CT molecular complexity index is 1100. The van der Waals surface area contributed by atoms with Crippen LogP contribution in [0.25, 0.3) is 22.3 Å². The molecule has 4 rings (SSSR count). The van der Waals surface area contributed by atoms with Crippen molar-refractivity contribution in [2.24, 2.45) is 0 Å². The van der Waals surface area contributed by atoms with Crippen LogP contribution in [0, 0.1) is 0 Å². The van der Waals surface area contributed by atoms with Crippen LogP contribution in [0.1, 0.15) is 35.9 Å². The summed E-state index contributed by atoms with van der Waals surface area (Å²) in [5, 5.41) is 5.21. The Morgan fingerprint density at radius 1 is 1.24 bits per heavy atom. The number of unbranched alkanes of at least 4 members (excludes halogenated alkanes) is 1. The van der Waals surface area contributed by atoms with Gasteiger partial charge in [-0.25, -0.2) is 9.67 Å². The van der Waals surface area contributed by atoms with Gasteiger partial charge in [0, 0.05) is 31.5 Å². The third-order valence-corrected chi connectivity index (χ3v) is 4.88. The van der Waals surface area contributed by atoms with Gasteiger partial charge in [0.2, 0.25) is 0 Å². The van der Waals surface area contributed by atoms with Crippen LogP contribution in [-0.4, -0.2) is 44.1 Å². The highest BCUT2D eigenvalue weighted by molar-refractivity contribution is 6.06. The highest BCUT2D eigenvalue weighted by atomic mass is 16.3. The lowest BCUT2D eigenvalue weighted by molar-refractivity contribution is 0.0795. The molecule has 7 heteroatoms. The summed E-state index contributed by atoms with van der Waals surface area (Å²) in [7, 11) is 1.83. The SMILES string of the molecule is CCCCN(C)C(=O)c1cc(-c2cccnc2)nc2c1cnn2Cc1ccco1. The normalized spacial score (nSPS) is 11.1. The average Bonchev–Trinajstić information content (AvgIpc) is 3.42. The number of fused-ring (bicyclic) bond motifs is 1. The summed E-state index contributed by atoms with van der Waals surface area (Å²) in [5.74, 6) is 0.741. The number of carbonyl (C=O) groups excluding carboxylic acids is 1. The average molecular weight is 389 g/mol. The van der Waals surface area contributed by atoms with Gasteiger partial charge in [0.05, 0.1) is 29.1 Å². The van der Waals surface area contributed by atoms with Gasteiger partial charge in [-0.15, -0.1) is 0 Å². The fraction of sp³-hybridized carbons (Fsp3) is 0.273. The van der Waals surface area contributed by atoms with Gasteiger partial charge in [-0.3, -0.25) is 9.78 Å². The van der Waals surface area contributed by atoms with Crippen molar-refractivity contribution < 1.29 is 9.21 Å². The summed E-state index contributed by atoms with van der Waals surface area (Å²) in [4.78, 5) is 23.9. The maximum atomic E-state index is 13.2. The number of amides is 1. The van der Waals surface area contributed by atoms with Crippen molar-refractivity contribution in [2.45, 2.75) is 26.3 Å². The minimum atomic E-state index is -0.0338. The smallest absolute Gasteiger partial charge is 0.254 e. The number of furan rings is 1. The summed E-state index contributed by atoms with van der Waals surface area (Å²) in [5.41, 5.74) is 2.79. The summed E-state index contributed by atoms with van der Waals surface area (Å²) in [6.07, 6.45) is 8.80. The molecule has 0 aromatic carbocycles. The molecule has 0 saturated carbocycles. The van der Waals surface area contributed by atoms with Crippen LogP contribution >= 0.6 is 0 Å². The number of carbonyl (C=O) groups is 1. The predicted molar refractivity (Wildman–Crippen MR) is 110 cm³/mol. The summed E-state index contributed by atoms with van der Waals surface area (Å²) >= 11 is 0. The molecule has 0 unspecified atom stereocenters. The van der Waals surface area contributed by atoms with Gasteiger partial charge in [-0.05, 0) is 36.8 Å². The molecule has 4 aromatic rings. The van der Waals surface area contributed by atoms with Crippen LogP contribution in [0.3, 0.4) is 0 Å². The summed E-state index contributed by atoms with van der Waals surface area (Å²) < 4.78 is 7.22. The highest BCUT2D eigenvalue weighted by Crippen LogP contribution is 2.26. The van der Waals surface area contributed by atoms with E-state index in [-0.39, 0.29) is 5.91 Å². The van der Waals surface area contributed by atoms with Crippen molar-refractivity contribution >= 4 is 16.9 Å². The van der Waals surface area contributed by atoms with E-state index >= 15 is 0 Å². The second-order valence-corrected chi connectivity index (χ2v) is 7.00. The molecule has 0 N–H and O–H groups in total. The molecule has 0 radical (unpaired) electrons. The van der Waals surface area contributed by atoms with E-state index < -0.39 is 0 Å². The van der Waals surface area contributed by atoms with Crippen LogP contribution in [0.2, 0.25) is 0 Å². The van der Waals surface area contributed by atoms with Crippen LogP contribution in [0.15, 0.2) is 59.6 Å². The molecule has 0 aliphatic rings. The molecule has 0 spiro atoms. The first-order valence-corrected chi connectivity index (χ1v) is 9.72. The lowest BCUT2D eigenvalue weighted by atomic mass is 10.1. The number of nitrogens with zero attached hydrogens (tertiary/aromatic N) is 5. The fourth-order valence-electron chi connectivity index (χ4n) is 3.26. The molecular weight excluding hydrogens is 366 g/mol. The maximum Gasteiger partial charge on any atom is 0.254 e. The molecule has 0 atom stereocenters. The first-order valence-electron chi connectivity index (χ1n) is 9.72. The van der Waals surface area contributed by atoms with Gasteiger partial charge in [-0.2, -0.15) is 5.10 Å². The van der Waals surface area contributed by atoms with Crippen molar-refractivity contribution in [3.05, 3.63) is 66.5 Å². The van der Waals surface area contributed by atoms with Gasteiger partial charge < -0.3 is 9.32 Å². The second-order valence-electron chi connectivity index (χ2n) is 7.00. The quantitative estimate of drug-likeness (QED) is 0.477. The van der Waals surface area contributed by atoms with Crippen molar-refractivity contribution in [3.63, 3.8) is 0 Å². The Morgan fingerprint density at radius 3 is 2.86 bits per heavy atom. The number of hydrogen-bond donors (Lipinski definition) is 0. The predicted octanol–water partition coefficient (Wildman–Crippen LogP) is 4.01. The van der Waals surface area contributed by atoms with Gasteiger partial charge in [0.15, 0.2) is 5.65 Å². The largest absolute Gasteiger partial charge is 0.467 e. The van der Waals surface area contributed by atoms with Crippen molar-refractivity contribution in [1.82, 2.24) is 24.6 Å². The Balaban J connectivity index is 1.82. The highest BCUT2D eigenvalue weighted by Gasteiger charge is 2.20. The van der Waals surface area contributed by atoms with E-state index in [2.05, 4.69) is 17.0 Å². The molecule has 0 bridgehead atoms. The Hall–Kier alpha value is -3.48. The number of rotatable bonds is 7. The van der Waals surface area contributed by atoms with Crippen LogP contribution in [-0.2, 0) is 6.54 Å². The van der Waals surface area contributed by atoms with E-state index in [0.29, 0.717) is 30.0 Å². The van der Waals surface area contributed by atoms with Gasteiger partial charge in [0.1, 0.15) is 12.3 Å². The topological polar surface area (TPSA) is 77.1 Å². The van der Waals surface area contributed by atoms with Gasteiger partial charge >= 0.3 is 0 Å². The molecular formula is C22H23N5O2. The monoisotopic (exact) mass is 389 g/mol. The number of pyridine rings is 2. The van der Waals surface area contributed by atoms with E-state index in [9.17, 15) is 4.79 Å². The minimum Gasteiger partial charge on any atom is -0.467 e. The standard InChI is InChI=1S/C22H23N5O2/c1-3-4-10-26(2)22(28)18-12-20(16-7-5-9-23-13-16)25-21-19(18)14-24-27(21)15-17-8-6-11-29-17/h5-9,11-14H,3-4,10,15H2,1-2H3. The lowest BCUT2D eigenvalue weighted by Crippen LogP contribution is -2.28. The molecule has 0 aliphatic carbocycles. The van der Waals surface area contributed by atoms with E-state index in [1.165, 1.54) is 0 Å². The minimum absolute atomic E-state index is 0.0338. The zero-order chi connectivity index (χ0) is 20.2. The van der Waals surface area contributed by atoms with E-state index in [1.54, 1.807) is 34.4 Å². The Labute approximate surface area is 169 Å². The maximum absolute atomic E-state index is 13.2.